The summed E-state index contributed by atoms with van der Waals surface area (Å²) in [5.41, 5.74) is 8.86. The van der Waals surface area contributed by atoms with Crippen LogP contribution in [0.5, 0.6) is 0 Å². The zero-order valence-corrected chi connectivity index (χ0v) is 11.0. The maximum absolute atomic E-state index is 6.80. The molecule has 0 radical (unpaired) electrons. The zero-order valence-electron chi connectivity index (χ0n) is 11.0. The molecule has 2 fully saturated rings. The average Bonchev–Trinajstić information content (AvgIpc) is 2.73. The van der Waals surface area contributed by atoms with Gasteiger partial charge in [-0.2, -0.15) is 0 Å². The third-order valence-corrected chi connectivity index (χ3v) is 5.44. The summed E-state index contributed by atoms with van der Waals surface area (Å²) in [4.78, 5) is 0. The van der Waals surface area contributed by atoms with Crippen molar-refractivity contribution in [3.63, 3.8) is 0 Å². The first-order valence-electron chi connectivity index (χ1n) is 6.86. The van der Waals surface area contributed by atoms with Crippen LogP contribution in [0.1, 0.15) is 51.5 Å². The molecule has 2 N–H and O–H groups in total. The van der Waals surface area contributed by atoms with Crippen molar-refractivity contribution in [2.75, 3.05) is 0 Å². The number of nitrogens with two attached hydrogens (primary N) is 1. The lowest BCUT2D eigenvalue weighted by Crippen LogP contribution is -2.49. The van der Waals surface area contributed by atoms with Gasteiger partial charge < -0.3 is 5.73 Å². The Labute approximate surface area is 104 Å². The van der Waals surface area contributed by atoms with E-state index < -0.39 is 0 Å². The first kappa shape index (κ1) is 11.3. The summed E-state index contributed by atoms with van der Waals surface area (Å²) in [6.07, 6.45) is 6.40. The average molecular weight is 229 g/mol. The topological polar surface area (TPSA) is 26.0 Å². The van der Waals surface area contributed by atoms with Crippen molar-refractivity contribution in [2.24, 2.45) is 11.1 Å². The molecule has 1 aromatic carbocycles. The van der Waals surface area contributed by atoms with E-state index in [9.17, 15) is 0 Å². The van der Waals surface area contributed by atoms with Crippen LogP contribution in [0.3, 0.4) is 0 Å². The van der Waals surface area contributed by atoms with Gasteiger partial charge in [-0.15, -0.1) is 0 Å². The van der Waals surface area contributed by atoms with Crippen molar-refractivity contribution < 1.29 is 0 Å². The lowest BCUT2D eigenvalue weighted by Gasteiger charge is -2.39. The first-order valence-corrected chi connectivity index (χ1v) is 6.86. The van der Waals surface area contributed by atoms with Crippen molar-refractivity contribution in [3.8, 4) is 0 Å². The molecule has 0 heterocycles. The number of hydrogen-bond donors (Lipinski definition) is 1. The predicted molar refractivity (Wildman–Crippen MR) is 71.9 cm³/mol. The summed E-state index contributed by atoms with van der Waals surface area (Å²) in [7, 11) is 0. The van der Waals surface area contributed by atoms with Crippen LogP contribution in [0.15, 0.2) is 30.3 Å². The Kier molecular flexibility index (Phi) is 2.22. The molecular weight excluding hydrogens is 206 g/mol. The summed E-state index contributed by atoms with van der Waals surface area (Å²) in [6, 6.07) is 11.0. The molecule has 1 atom stereocenters. The quantitative estimate of drug-likeness (QED) is 0.823. The highest BCUT2D eigenvalue weighted by molar-refractivity contribution is 5.39. The van der Waals surface area contributed by atoms with Gasteiger partial charge >= 0.3 is 0 Å². The van der Waals surface area contributed by atoms with Crippen LogP contribution in [0.2, 0.25) is 0 Å². The van der Waals surface area contributed by atoms with Gasteiger partial charge in [0, 0.05) is 11.0 Å². The van der Waals surface area contributed by atoms with E-state index in [-0.39, 0.29) is 11.0 Å². The van der Waals surface area contributed by atoms with Crippen LogP contribution in [0, 0.1) is 5.41 Å². The maximum atomic E-state index is 6.80. The Bertz CT molecular complexity index is 414. The fourth-order valence-electron chi connectivity index (χ4n) is 4.20. The van der Waals surface area contributed by atoms with Gasteiger partial charge in [-0.05, 0) is 30.2 Å². The fourth-order valence-corrected chi connectivity index (χ4v) is 4.20. The maximum Gasteiger partial charge on any atom is 0.0310 e. The van der Waals surface area contributed by atoms with Crippen LogP contribution < -0.4 is 5.73 Å². The van der Waals surface area contributed by atoms with Crippen LogP contribution in [-0.2, 0) is 5.41 Å². The standard InChI is InChI=1S/C16H23N/c1-14(2)12-16(14,17)15(10-6-7-11-15)13-8-4-3-5-9-13/h3-5,8-9H,6-7,10-12,17H2,1-2H3. The highest BCUT2D eigenvalue weighted by atomic mass is 15.0. The fraction of sp³-hybridized carbons (Fsp3) is 0.625. The molecule has 92 valence electrons. The molecule has 1 unspecified atom stereocenters. The normalized spacial score (nSPS) is 33.6. The summed E-state index contributed by atoms with van der Waals surface area (Å²) < 4.78 is 0. The van der Waals surface area contributed by atoms with E-state index in [2.05, 4.69) is 44.2 Å². The molecule has 0 bridgehead atoms. The van der Waals surface area contributed by atoms with E-state index in [1.54, 1.807) is 0 Å². The predicted octanol–water partition coefficient (Wildman–Crippen LogP) is 3.63. The summed E-state index contributed by atoms with van der Waals surface area (Å²) in [5.74, 6) is 0. The second-order valence-electron chi connectivity index (χ2n) is 6.69. The van der Waals surface area contributed by atoms with E-state index in [0.717, 1.165) is 0 Å². The summed E-state index contributed by atoms with van der Waals surface area (Å²) >= 11 is 0. The van der Waals surface area contributed by atoms with E-state index in [0.29, 0.717) is 5.41 Å². The minimum Gasteiger partial charge on any atom is -0.324 e. The van der Waals surface area contributed by atoms with Gasteiger partial charge in [0.15, 0.2) is 0 Å². The van der Waals surface area contributed by atoms with Crippen LogP contribution in [0.4, 0.5) is 0 Å². The lowest BCUT2D eigenvalue weighted by molar-refractivity contribution is 0.280. The van der Waals surface area contributed by atoms with E-state index in [1.807, 2.05) is 0 Å². The molecule has 1 heteroatoms. The third kappa shape index (κ3) is 1.35. The molecule has 0 saturated heterocycles. The van der Waals surface area contributed by atoms with Gasteiger partial charge in [-0.1, -0.05) is 57.0 Å². The van der Waals surface area contributed by atoms with Crippen LogP contribution >= 0.6 is 0 Å². The van der Waals surface area contributed by atoms with Gasteiger partial charge in [-0.25, -0.2) is 0 Å². The van der Waals surface area contributed by atoms with Gasteiger partial charge in [0.1, 0.15) is 0 Å². The number of benzene rings is 1. The Balaban J connectivity index is 2.07. The van der Waals surface area contributed by atoms with Gasteiger partial charge in [0.25, 0.3) is 0 Å². The van der Waals surface area contributed by atoms with Crippen molar-refractivity contribution >= 4 is 0 Å². The van der Waals surface area contributed by atoms with Crippen LogP contribution in [0.25, 0.3) is 0 Å². The van der Waals surface area contributed by atoms with Gasteiger partial charge in [0.05, 0.1) is 0 Å². The molecular formula is C16H23N. The SMILES string of the molecule is CC1(C)CC1(N)C1(c2ccccc2)CCCC1. The Hall–Kier alpha value is -0.820. The highest BCUT2D eigenvalue weighted by Crippen LogP contribution is 2.67. The molecule has 2 aliphatic carbocycles. The first-order chi connectivity index (χ1) is 8.02. The minimum atomic E-state index is 0.0256. The molecule has 1 nitrogen and oxygen atoms in total. The van der Waals surface area contributed by atoms with Crippen molar-refractivity contribution in [1.82, 2.24) is 0 Å². The second-order valence-corrected chi connectivity index (χ2v) is 6.69. The molecule has 3 rings (SSSR count). The zero-order chi connectivity index (χ0) is 12.1. The largest absolute Gasteiger partial charge is 0.324 e. The minimum absolute atomic E-state index is 0.0256. The highest BCUT2D eigenvalue weighted by Gasteiger charge is 2.69. The number of hydrogen-bond acceptors (Lipinski definition) is 1. The smallest absolute Gasteiger partial charge is 0.0310 e. The molecule has 0 amide bonds. The van der Waals surface area contributed by atoms with Gasteiger partial charge in [-0.3, -0.25) is 0 Å². The molecule has 0 aliphatic heterocycles. The van der Waals surface area contributed by atoms with Crippen molar-refractivity contribution in [2.45, 2.75) is 56.9 Å². The third-order valence-electron chi connectivity index (χ3n) is 5.44. The Morgan fingerprint density at radius 3 is 2.00 bits per heavy atom. The molecule has 0 spiro atoms. The van der Waals surface area contributed by atoms with E-state index >= 15 is 0 Å². The Morgan fingerprint density at radius 2 is 1.53 bits per heavy atom. The summed E-state index contributed by atoms with van der Waals surface area (Å²) in [5, 5.41) is 0. The molecule has 0 aromatic heterocycles. The molecule has 2 saturated carbocycles. The number of rotatable bonds is 2. The van der Waals surface area contributed by atoms with Crippen molar-refractivity contribution in [1.29, 1.82) is 0 Å². The second kappa shape index (κ2) is 3.35. The summed E-state index contributed by atoms with van der Waals surface area (Å²) in [6.45, 7) is 4.66. The van der Waals surface area contributed by atoms with E-state index in [4.69, 9.17) is 5.73 Å². The lowest BCUT2D eigenvalue weighted by atomic mass is 9.68. The Morgan fingerprint density at radius 1 is 1.00 bits per heavy atom. The van der Waals surface area contributed by atoms with E-state index in [1.165, 1.54) is 37.7 Å². The molecule has 1 aromatic rings. The monoisotopic (exact) mass is 229 g/mol. The molecule has 17 heavy (non-hydrogen) atoms. The molecule has 2 aliphatic rings. The van der Waals surface area contributed by atoms with Crippen molar-refractivity contribution in [3.05, 3.63) is 35.9 Å². The van der Waals surface area contributed by atoms with Crippen LogP contribution in [-0.4, -0.2) is 5.54 Å². The van der Waals surface area contributed by atoms with Gasteiger partial charge in [0.2, 0.25) is 0 Å².